The summed E-state index contributed by atoms with van der Waals surface area (Å²) in [5.74, 6) is 0.865. The Morgan fingerprint density at radius 2 is 1.73 bits per heavy atom. The maximum Gasteiger partial charge on any atom is 0.255 e. The Hall–Kier alpha value is -2.61. The van der Waals surface area contributed by atoms with Crippen LogP contribution in [-0.4, -0.2) is 68.6 Å². The van der Waals surface area contributed by atoms with Crippen LogP contribution < -0.4 is 15.2 Å². The maximum absolute atomic E-state index is 10.8. The summed E-state index contributed by atoms with van der Waals surface area (Å²) in [6.07, 6.45) is 1.13. The number of carbonyl (C=O) groups excluding carboxylic acids is 1. The number of primary amides is 1. The van der Waals surface area contributed by atoms with E-state index in [4.69, 9.17) is 19.9 Å². The van der Waals surface area contributed by atoms with Crippen LogP contribution in [-0.2, 0) is 16.0 Å². The molecule has 3 N–H and O–H groups in total. The normalized spacial score (nSPS) is 12.0. The highest BCUT2D eigenvalue weighted by atomic mass is 16.5. The SMILES string of the molecule is COCCCN(CCc1ccc(OCC(N)=O)cc1)CC(O)COc1ccccc1. The summed E-state index contributed by atoms with van der Waals surface area (Å²) >= 11 is 0. The van der Waals surface area contributed by atoms with E-state index in [1.807, 2.05) is 54.6 Å². The Labute approximate surface area is 178 Å². The van der Waals surface area contributed by atoms with Gasteiger partial charge in [-0.25, -0.2) is 0 Å². The van der Waals surface area contributed by atoms with Gasteiger partial charge in [0.1, 0.15) is 24.2 Å². The van der Waals surface area contributed by atoms with Gasteiger partial charge in [0, 0.05) is 33.4 Å². The number of aliphatic hydroxyl groups excluding tert-OH is 1. The predicted octanol–water partition coefficient (Wildman–Crippen LogP) is 1.87. The van der Waals surface area contributed by atoms with E-state index in [1.54, 1.807) is 7.11 Å². The molecule has 30 heavy (non-hydrogen) atoms. The van der Waals surface area contributed by atoms with Crippen molar-refractivity contribution in [3.05, 3.63) is 60.2 Å². The third-order valence-electron chi connectivity index (χ3n) is 4.50. The van der Waals surface area contributed by atoms with Gasteiger partial charge >= 0.3 is 0 Å². The number of methoxy groups -OCH3 is 1. The van der Waals surface area contributed by atoms with Gasteiger partial charge in [-0.15, -0.1) is 0 Å². The first-order chi connectivity index (χ1) is 14.6. The fourth-order valence-electron chi connectivity index (χ4n) is 2.98. The molecule has 2 aromatic rings. The van der Waals surface area contributed by atoms with E-state index in [-0.39, 0.29) is 13.2 Å². The Kier molecular flexibility index (Phi) is 10.7. The first kappa shape index (κ1) is 23.7. The van der Waals surface area contributed by atoms with Crippen molar-refractivity contribution in [2.24, 2.45) is 5.73 Å². The van der Waals surface area contributed by atoms with Crippen molar-refractivity contribution in [2.75, 3.05) is 46.6 Å². The van der Waals surface area contributed by atoms with Crippen molar-refractivity contribution in [3.63, 3.8) is 0 Å². The summed E-state index contributed by atoms with van der Waals surface area (Å²) in [5.41, 5.74) is 6.23. The number of para-hydroxylation sites is 1. The molecule has 0 spiro atoms. The van der Waals surface area contributed by atoms with E-state index in [0.717, 1.165) is 37.2 Å². The number of hydrogen-bond acceptors (Lipinski definition) is 6. The third-order valence-corrected chi connectivity index (χ3v) is 4.50. The quantitative estimate of drug-likeness (QED) is 0.431. The number of aliphatic hydroxyl groups is 1. The van der Waals surface area contributed by atoms with E-state index in [2.05, 4.69) is 4.90 Å². The molecule has 0 fully saturated rings. The molecule has 0 bridgehead atoms. The molecule has 164 valence electrons. The van der Waals surface area contributed by atoms with E-state index >= 15 is 0 Å². The fraction of sp³-hybridized carbons (Fsp3) is 0.435. The van der Waals surface area contributed by atoms with Crippen LogP contribution in [0.4, 0.5) is 0 Å². The molecule has 0 saturated heterocycles. The average Bonchev–Trinajstić information content (AvgIpc) is 2.76. The third kappa shape index (κ3) is 9.73. The number of nitrogens with two attached hydrogens (primary N) is 1. The maximum atomic E-state index is 10.8. The number of ether oxygens (including phenoxy) is 3. The lowest BCUT2D eigenvalue weighted by atomic mass is 10.1. The minimum absolute atomic E-state index is 0.129. The molecule has 0 saturated carbocycles. The molecule has 0 aliphatic carbocycles. The molecule has 7 heteroatoms. The second kappa shape index (κ2) is 13.6. The van der Waals surface area contributed by atoms with Gasteiger partial charge < -0.3 is 30.0 Å². The number of hydrogen-bond donors (Lipinski definition) is 2. The van der Waals surface area contributed by atoms with Crippen LogP contribution in [0.25, 0.3) is 0 Å². The predicted molar refractivity (Wildman–Crippen MR) is 116 cm³/mol. The zero-order valence-electron chi connectivity index (χ0n) is 17.5. The highest BCUT2D eigenvalue weighted by Crippen LogP contribution is 2.13. The smallest absolute Gasteiger partial charge is 0.255 e. The van der Waals surface area contributed by atoms with Gasteiger partial charge in [-0.1, -0.05) is 30.3 Å². The molecule has 7 nitrogen and oxygen atoms in total. The zero-order valence-corrected chi connectivity index (χ0v) is 17.5. The van der Waals surface area contributed by atoms with Crippen molar-refractivity contribution in [2.45, 2.75) is 18.9 Å². The summed E-state index contributed by atoms with van der Waals surface area (Å²) in [6.45, 7) is 2.95. The van der Waals surface area contributed by atoms with Crippen molar-refractivity contribution < 1.29 is 24.1 Å². The molecule has 0 aliphatic rings. The highest BCUT2D eigenvalue weighted by molar-refractivity contribution is 5.75. The van der Waals surface area contributed by atoms with Gasteiger partial charge in [0.2, 0.25) is 0 Å². The number of amides is 1. The summed E-state index contributed by atoms with van der Waals surface area (Å²) < 4.78 is 16.1. The first-order valence-corrected chi connectivity index (χ1v) is 10.1. The van der Waals surface area contributed by atoms with E-state index in [1.165, 1.54) is 0 Å². The molecule has 0 heterocycles. The van der Waals surface area contributed by atoms with Gasteiger partial charge in [-0.3, -0.25) is 4.79 Å². The number of rotatable bonds is 15. The highest BCUT2D eigenvalue weighted by Gasteiger charge is 2.13. The molecular weight excluding hydrogens is 384 g/mol. The molecule has 1 unspecified atom stereocenters. The number of benzene rings is 2. The molecule has 0 aromatic heterocycles. The van der Waals surface area contributed by atoms with Gasteiger partial charge in [0.05, 0.1) is 0 Å². The van der Waals surface area contributed by atoms with Gasteiger partial charge in [-0.2, -0.15) is 0 Å². The molecule has 1 atom stereocenters. The monoisotopic (exact) mass is 416 g/mol. The number of nitrogens with zero attached hydrogens (tertiary/aromatic N) is 1. The van der Waals surface area contributed by atoms with Gasteiger partial charge in [-0.05, 0) is 42.7 Å². The van der Waals surface area contributed by atoms with Crippen LogP contribution in [0.3, 0.4) is 0 Å². The van der Waals surface area contributed by atoms with Crippen molar-refractivity contribution in [3.8, 4) is 11.5 Å². The van der Waals surface area contributed by atoms with E-state index in [0.29, 0.717) is 18.9 Å². The molecule has 1 amide bonds. The Bertz CT molecular complexity index is 724. The average molecular weight is 417 g/mol. The van der Waals surface area contributed by atoms with Gasteiger partial charge in [0.25, 0.3) is 5.91 Å². The molecular formula is C23H32N2O5. The van der Waals surface area contributed by atoms with Crippen molar-refractivity contribution in [1.29, 1.82) is 0 Å². The van der Waals surface area contributed by atoms with E-state index < -0.39 is 12.0 Å². The lowest BCUT2D eigenvalue weighted by Gasteiger charge is -2.25. The van der Waals surface area contributed by atoms with Crippen molar-refractivity contribution >= 4 is 5.91 Å². The number of carbonyl (C=O) groups is 1. The van der Waals surface area contributed by atoms with Crippen LogP contribution in [0.5, 0.6) is 11.5 Å². The summed E-state index contributed by atoms with van der Waals surface area (Å²) in [5, 5.41) is 10.4. The molecule has 0 aliphatic heterocycles. The standard InChI is InChI=1S/C23H32N2O5/c1-28-15-5-13-25(16-20(26)17-29-21-6-3-2-4-7-21)14-12-19-8-10-22(11-9-19)30-18-23(24)27/h2-4,6-11,20,26H,5,12-18H2,1H3,(H2,24,27). The van der Waals surface area contributed by atoms with Crippen LogP contribution in [0.15, 0.2) is 54.6 Å². The second-order valence-corrected chi connectivity index (χ2v) is 7.07. The first-order valence-electron chi connectivity index (χ1n) is 10.1. The lowest BCUT2D eigenvalue weighted by molar-refractivity contribution is -0.119. The molecule has 2 aromatic carbocycles. The molecule has 2 rings (SSSR count). The Balaban J connectivity index is 1.81. The summed E-state index contributed by atoms with van der Waals surface area (Å²) in [6, 6.07) is 17.1. The minimum Gasteiger partial charge on any atom is -0.491 e. The fourth-order valence-corrected chi connectivity index (χ4v) is 2.98. The molecule has 0 radical (unpaired) electrons. The summed E-state index contributed by atoms with van der Waals surface area (Å²) in [4.78, 5) is 13.0. The topological polar surface area (TPSA) is 94.2 Å². The van der Waals surface area contributed by atoms with Crippen LogP contribution >= 0.6 is 0 Å². The second-order valence-electron chi connectivity index (χ2n) is 7.07. The Morgan fingerprint density at radius 1 is 1.03 bits per heavy atom. The van der Waals surface area contributed by atoms with E-state index in [9.17, 15) is 9.90 Å². The van der Waals surface area contributed by atoms with Crippen LogP contribution in [0, 0.1) is 0 Å². The summed E-state index contributed by atoms with van der Waals surface area (Å²) in [7, 11) is 1.69. The lowest BCUT2D eigenvalue weighted by Crippen LogP contribution is -2.37. The Morgan fingerprint density at radius 3 is 2.40 bits per heavy atom. The van der Waals surface area contributed by atoms with Crippen molar-refractivity contribution in [1.82, 2.24) is 4.90 Å². The van der Waals surface area contributed by atoms with Crippen LogP contribution in [0.2, 0.25) is 0 Å². The minimum atomic E-state index is -0.586. The zero-order chi connectivity index (χ0) is 21.6. The van der Waals surface area contributed by atoms with Gasteiger partial charge in [0.15, 0.2) is 6.61 Å². The largest absolute Gasteiger partial charge is 0.491 e. The van der Waals surface area contributed by atoms with Crippen LogP contribution in [0.1, 0.15) is 12.0 Å².